The molecule has 2 heterocycles. The molecule has 0 saturated carbocycles. The minimum atomic E-state index is -4.56. The number of benzene rings is 2. The number of halogens is 6. The predicted molar refractivity (Wildman–Crippen MR) is 155 cm³/mol. The van der Waals surface area contributed by atoms with Crippen LogP contribution in [-0.4, -0.2) is 61.3 Å². The van der Waals surface area contributed by atoms with Gasteiger partial charge in [0.15, 0.2) is 12.2 Å². The van der Waals surface area contributed by atoms with Gasteiger partial charge in [0.2, 0.25) is 0 Å². The number of alkyl halides is 6. The molecule has 2 atom stereocenters. The number of hydrogen-bond donors (Lipinski definition) is 1. The lowest BCUT2D eigenvalue weighted by atomic mass is 10.0. The number of carbonyl (C=O) groups excluding carboxylic acids is 3. The Morgan fingerprint density at radius 1 is 0.766 bits per heavy atom. The first kappa shape index (κ1) is 37.0. The average molecular weight is 677 g/mol. The van der Waals surface area contributed by atoms with Crippen molar-refractivity contribution in [1.29, 1.82) is 0 Å². The van der Waals surface area contributed by atoms with Crippen molar-refractivity contribution in [2.24, 2.45) is 11.8 Å². The molecule has 1 N–H and O–H groups in total. The van der Waals surface area contributed by atoms with Crippen LogP contribution in [0.15, 0.2) is 36.4 Å². The fourth-order valence-electron chi connectivity index (χ4n) is 4.74. The van der Waals surface area contributed by atoms with E-state index in [0.29, 0.717) is 0 Å². The highest BCUT2D eigenvalue weighted by molar-refractivity contribution is 6.01. The van der Waals surface area contributed by atoms with Gasteiger partial charge in [0.25, 0.3) is 11.8 Å². The summed E-state index contributed by atoms with van der Waals surface area (Å²) in [6.07, 6.45) is -11.3. The number of fused-ring (bicyclic) bond motifs is 2. The van der Waals surface area contributed by atoms with E-state index in [1.807, 2.05) is 0 Å². The summed E-state index contributed by atoms with van der Waals surface area (Å²) in [5.41, 5.74) is -1.85. The molecule has 10 nitrogen and oxygen atoms in total. The largest absolute Gasteiger partial charge is 0.481 e. The molecule has 47 heavy (non-hydrogen) atoms. The molecule has 0 aromatic heterocycles. The van der Waals surface area contributed by atoms with E-state index in [4.69, 9.17) is 14.6 Å². The molecule has 0 spiro atoms. The molecule has 2 unspecified atom stereocenters. The molecule has 2 amide bonds. The molecule has 0 radical (unpaired) electrons. The quantitative estimate of drug-likeness (QED) is 0.269. The van der Waals surface area contributed by atoms with Gasteiger partial charge in [0.05, 0.1) is 42.5 Å². The average Bonchev–Trinajstić information content (AvgIpc) is 2.97. The molecule has 16 heteroatoms. The van der Waals surface area contributed by atoms with E-state index in [1.165, 1.54) is 13.2 Å². The highest BCUT2D eigenvalue weighted by Crippen LogP contribution is 2.42. The van der Waals surface area contributed by atoms with E-state index in [2.05, 4.69) is 4.74 Å². The Morgan fingerprint density at radius 3 is 1.47 bits per heavy atom. The van der Waals surface area contributed by atoms with E-state index in [1.54, 1.807) is 27.7 Å². The summed E-state index contributed by atoms with van der Waals surface area (Å²) in [6.45, 7) is 6.74. The number of hydrogen-bond acceptors (Lipinski definition) is 7. The molecular formula is C31H34F6N2O8. The molecule has 4 rings (SSSR count). The van der Waals surface area contributed by atoms with Crippen LogP contribution in [0, 0.1) is 11.8 Å². The highest BCUT2D eigenvalue weighted by Gasteiger charge is 2.40. The number of ether oxygens (including phenoxy) is 3. The maximum absolute atomic E-state index is 12.9. The van der Waals surface area contributed by atoms with E-state index in [-0.39, 0.29) is 60.6 Å². The van der Waals surface area contributed by atoms with Crippen LogP contribution < -0.4 is 19.3 Å². The monoisotopic (exact) mass is 676 g/mol. The lowest BCUT2D eigenvalue weighted by Crippen LogP contribution is -2.49. The summed E-state index contributed by atoms with van der Waals surface area (Å²) < 4.78 is 93.0. The normalized spacial score (nSPS) is 17.7. The van der Waals surface area contributed by atoms with Crippen molar-refractivity contribution in [1.82, 2.24) is 0 Å². The predicted octanol–water partition coefficient (Wildman–Crippen LogP) is 5.95. The Balaban J connectivity index is 0.000000256. The van der Waals surface area contributed by atoms with Gasteiger partial charge in [-0.05, 0) is 48.2 Å². The van der Waals surface area contributed by atoms with Crippen molar-refractivity contribution < 1.29 is 64.8 Å². The fourth-order valence-corrected chi connectivity index (χ4v) is 4.74. The van der Waals surface area contributed by atoms with Gasteiger partial charge in [0.1, 0.15) is 11.5 Å². The summed E-state index contributed by atoms with van der Waals surface area (Å²) in [5, 5.41) is 8.79. The fraction of sp³-hybridized carbons (Fsp3) is 0.484. The standard InChI is InChI=1S/C16H18F3NO4.C15H16F3NO4/c1-9(2)14-15(22)20(7-6-13(21)23-3)11-8-10(16(17,18)19)4-5-12(11)24-14;1-8(2)13-14(22)19(6-5-12(20)21)10-7-9(15(16,17)18)3-4-11(10)23-13/h4-5,8-9,14H,6-7H2,1-3H3;3-4,7-8,13H,5-6H2,1-2H3,(H,20,21). The van der Waals surface area contributed by atoms with E-state index >= 15 is 0 Å². The topological polar surface area (TPSA) is 123 Å². The lowest BCUT2D eigenvalue weighted by molar-refractivity contribution is -0.141. The van der Waals surface area contributed by atoms with Gasteiger partial charge in [-0.1, -0.05) is 27.7 Å². The number of amides is 2. The van der Waals surface area contributed by atoms with Crippen LogP contribution in [0.5, 0.6) is 11.5 Å². The SMILES string of the molecule is CC(C)C1Oc2ccc(C(F)(F)F)cc2N(CCC(=O)O)C1=O.COC(=O)CCN1C(=O)C(C(C)C)Oc2ccc(C(F)(F)F)cc21. The smallest absolute Gasteiger partial charge is 0.416 e. The van der Waals surface area contributed by atoms with Gasteiger partial charge in [-0.15, -0.1) is 0 Å². The summed E-state index contributed by atoms with van der Waals surface area (Å²) in [7, 11) is 1.20. The zero-order valence-corrected chi connectivity index (χ0v) is 26.1. The Morgan fingerprint density at radius 2 is 1.15 bits per heavy atom. The molecule has 0 fully saturated rings. The van der Waals surface area contributed by atoms with Crippen LogP contribution in [0.2, 0.25) is 0 Å². The van der Waals surface area contributed by atoms with Crippen LogP contribution in [0.3, 0.4) is 0 Å². The maximum Gasteiger partial charge on any atom is 0.416 e. The maximum atomic E-state index is 12.9. The van der Waals surface area contributed by atoms with Crippen molar-refractivity contribution in [2.45, 2.75) is 65.1 Å². The number of methoxy groups -OCH3 is 1. The second-order valence-corrected chi connectivity index (χ2v) is 11.4. The first-order valence-electron chi connectivity index (χ1n) is 14.4. The first-order chi connectivity index (χ1) is 21.8. The second-order valence-electron chi connectivity index (χ2n) is 11.4. The van der Waals surface area contributed by atoms with Crippen LogP contribution >= 0.6 is 0 Å². The van der Waals surface area contributed by atoms with Crippen LogP contribution in [0.1, 0.15) is 51.7 Å². The van der Waals surface area contributed by atoms with Gasteiger partial charge in [-0.2, -0.15) is 26.3 Å². The van der Waals surface area contributed by atoms with Gasteiger partial charge in [-0.25, -0.2) is 0 Å². The third-order valence-electron chi connectivity index (χ3n) is 7.21. The Kier molecular flexibility index (Phi) is 11.4. The minimum Gasteiger partial charge on any atom is -0.481 e. The number of carboxylic acid groups (broad SMARTS) is 1. The highest BCUT2D eigenvalue weighted by atomic mass is 19.4. The molecule has 0 saturated heterocycles. The molecule has 258 valence electrons. The molecule has 2 aliphatic heterocycles. The van der Waals surface area contributed by atoms with E-state index in [9.17, 15) is 45.5 Å². The van der Waals surface area contributed by atoms with Crippen LogP contribution in [0.25, 0.3) is 0 Å². The molecule has 2 aromatic carbocycles. The van der Waals surface area contributed by atoms with E-state index < -0.39 is 59.4 Å². The van der Waals surface area contributed by atoms with Crippen molar-refractivity contribution in [2.75, 3.05) is 30.0 Å². The third kappa shape index (κ3) is 8.86. The van der Waals surface area contributed by atoms with Crippen LogP contribution in [0.4, 0.5) is 37.7 Å². The number of carbonyl (C=O) groups is 4. The molecular weight excluding hydrogens is 642 g/mol. The zero-order chi connectivity index (χ0) is 35.4. The van der Waals surface area contributed by atoms with Gasteiger partial charge in [-0.3, -0.25) is 19.2 Å². The van der Waals surface area contributed by atoms with E-state index in [0.717, 1.165) is 40.1 Å². The number of aliphatic carboxylic acids is 1. The van der Waals surface area contributed by atoms with Crippen molar-refractivity contribution >= 4 is 35.1 Å². The summed E-state index contributed by atoms with van der Waals surface area (Å²) in [4.78, 5) is 49.3. The van der Waals surface area contributed by atoms with Crippen molar-refractivity contribution in [3.63, 3.8) is 0 Å². The summed E-state index contributed by atoms with van der Waals surface area (Å²) in [5.74, 6) is -2.75. The summed E-state index contributed by atoms with van der Waals surface area (Å²) in [6, 6.07) is 5.82. The Hall–Kier alpha value is -4.50. The van der Waals surface area contributed by atoms with Crippen molar-refractivity contribution in [3.05, 3.63) is 47.5 Å². The molecule has 2 aromatic rings. The van der Waals surface area contributed by atoms with Crippen molar-refractivity contribution in [3.8, 4) is 11.5 Å². The molecule has 0 aliphatic carbocycles. The summed E-state index contributed by atoms with van der Waals surface area (Å²) >= 11 is 0. The minimum absolute atomic E-state index is 0.00984. The first-order valence-corrected chi connectivity index (χ1v) is 14.4. The molecule has 2 aliphatic rings. The number of nitrogens with zero attached hydrogens (tertiary/aromatic N) is 2. The lowest BCUT2D eigenvalue weighted by Gasteiger charge is -2.36. The molecule has 0 bridgehead atoms. The van der Waals surface area contributed by atoms with Gasteiger partial charge >= 0.3 is 24.3 Å². The third-order valence-corrected chi connectivity index (χ3v) is 7.21. The number of anilines is 2. The Bertz CT molecular complexity index is 1490. The van der Waals surface area contributed by atoms with Gasteiger partial charge < -0.3 is 29.1 Å². The van der Waals surface area contributed by atoms with Gasteiger partial charge in [0, 0.05) is 13.1 Å². The number of rotatable bonds is 8. The Labute approximate surface area is 266 Å². The second kappa shape index (κ2) is 14.5. The zero-order valence-electron chi connectivity index (χ0n) is 26.1. The number of esters is 1. The number of carboxylic acids is 1. The van der Waals surface area contributed by atoms with Crippen LogP contribution in [-0.2, 0) is 36.3 Å².